The van der Waals surface area contributed by atoms with Gasteiger partial charge in [-0.15, -0.1) is 0 Å². The number of benzene rings is 1. The van der Waals surface area contributed by atoms with E-state index in [9.17, 15) is 9.59 Å². The summed E-state index contributed by atoms with van der Waals surface area (Å²) in [7, 11) is 0. The zero-order chi connectivity index (χ0) is 14.5. The Labute approximate surface area is 119 Å². The van der Waals surface area contributed by atoms with Gasteiger partial charge in [-0.1, -0.05) is 37.6 Å². The van der Waals surface area contributed by atoms with Crippen molar-refractivity contribution in [1.82, 2.24) is 5.32 Å². The zero-order valence-corrected chi connectivity index (χ0v) is 11.8. The van der Waals surface area contributed by atoms with Gasteiger partial charge in [0.2, 0.25) is 5.91 Å². The highest BCUT2D eigenvalue weighted by molar-refractivity contribution is 5.85. The number of carbonyl (C=O) groups excluding carboxylic acids is 1. The summed E-state index contributed by atoms with van der Waals surface area (Å²) in [5.41, 5.74) is 2.31. The minimum atomic E-state index is -0.852. The second kappa shape index (κ2) is 6.55. The molecule has 1 fully saturated rings. The van der Waals surface area contributed by atoms with Crippen LogP contribution in [0.5, 0.6) is 0 Å². The van der Waals surface area contributed by atoms with Crippen molar-refractivity contribution in [2.45, 2.75) is 39.2 Å². The van der Waals surface area contributed by atoms with E-state index in [-0.39, 0.29) is 11.8 Å². The fourth-order valence-electron chi connectivity index (χ4n) is 2.78. The molecule has 0 radical (unpaired) electrons. The van der Waals surface area contributed by atoms with Crippen LogP contribution in [-0.4, -0.2) is 17.0 Å². The molecule has 1 aromatic rings. The number of carbonyl (C=O) groups is 2. The van der Waals surface area contributed by atoms with Crippen LogP contribution in [0.4, 0.5) is 0 Å². The molecule has 0 aliphatic heterocycles. The molecule has 2 atom stereocenters. The number of aliphatic carboxylic acids is 1. The maximum absolute atomic E-state index is 12.1. The number of carboxylic acid groups (broad SMARTS) is 1. The third-order valence-corrected chi connectivity index (χ3v) is 4.07. The molecule has 1 aliphatic rings. The van der Waals surface area contributed by atoms with Gasteiger partial charge < -0.3 is 10.4 Å². The Morgan fingerprint density at radius 2 is 1.75 bits per heavy atom. The molecule has 0 aromatic heterocycles. The molecular weight excluding hydrogens is 254 g/mol. The fourth-order valence-corrected chi connectivity index (χ4v) is 2.78. The van der Waals surface area contributed by atoms with Crippen LogP contribution in [0.25, 0.3) is 0 Å². The van der Waals surface area contributed by atoms with Gasteiger partial charge >= 0.3 is 5.97 Å². The molecule has 0 heterocycles. The van der Waals surface area contributed by atoms with Gasteiger partial charge in [-0.3, -0.25) is 9.59 Å². The Balaban J connectivity index is 1.89. The molecule has 1 saturated carbocycles. The third-order valence-electron chi connectivity index (χ3n) is 4.07. The topological polar surface area (TPSA) is 66.4 Å². The minimum Gasteiger partial charge on any atom is -0.481 e. The Hall–Kier alpha value is -1.84. The van der Waals surface area contributed by atoms with Crippen LogP contribution < -0.4 is 5.32 Å². The monoisotopic (exact) mass is 275 g/mol. The van der Waals surface area contributed by atoms with E-state index in [4.69, 9.17) is 5.11 Å². The molecule has 4 heteroatoms. The molecule has 1 aliphatic carbocycles. The maximum Gasteiger partial charge on any atom is 0.307 e. The molecule has 1 aromatic carbocycles. The van der Waals surface area contributed by atoms with Crippen LogP contribution >= 0.6 is 0 Å². The number of nitrogens with one attached hydrogen (secondary N) is 1. The van der Waals surface area contributed by atoms with E-state index in [1.165, 1.54) is 5.56 Å². The van der Waals surface area contributed by atoms with Crippen LogP contribution in [-0.2, 0) is 22.6 Å². The summed E-state index contributed by atoms with van der Waals surface area (Å²) in [6.07, 6.45) is 3.10. The Kier molecular flexibility index (Phi) is 4.77. The van der Waals surface area contributed by atoms with Crippen molar-refractivity contribution >= 4 is 11.9 Å². The highest BCUT2D eigenvalue weighted by Crippen LogP contribution is 2.32. The van der Waals surface area contributed by atoms with Crippen molar-refractivity contribution in [1.29, 1.82) is 0 Å². The lowest BCUT2D eigenvalue weighted by Crippen LogP contribution is -2.34. The lowest BCUT2D eigenvalue weighted by molar-refractivity contribution is -0.146. The first-order chi connectivity index (χ1) is 9.61. The summed E-state index contributed by atoms with van der Waals surface area (Å²) in [4.78, 5) is 23.2. The van der Waals surface area contributed by atoms with E-state index in [2.05, 4.69) is 24.4 Å². The molecule has 0 saturated heterocycles. The molecule has 20 heavy (non-hydrogen) atoms. The van der Waals surface area contributed by atoms with Crippen molar-refractivity contribution < 1.29 is 14.7 Å². The normalized spacial score (nSPS) is 21.6. The average Bonchev–Trinajstić information content (AvgIpc) is 2.95. The van der Waals surface area contributed by atoms with Gasteiger partial charge in [-0.25, -0.2) is 0 Å². The number of carboxylic acids is 1. The van der Waals surface area contributed by atoms with Gasteiger partial charge in [0.15, 0.2) is 0 Å². The quantitative estimate of drug-likeness (QED) is 0.867. The van der Waals surface area contributed by atoms with Gasteiger partial charge in [-0.05, 0) is 30.4 Å². The zero-order valence-electron chi connectivity index (χ0n) is 11.8. The second-order valence-corrected chi connectivity index (χ2v) is 5.37. The predicted octanol–water partition coefficient (Wildman–Crippen LogP) is 2.37. The minimum absolute atomic E-state index is 0.130. The molecule has 2 rings (SSSR count). The lowest BCUT2D eigenvalue weighted by atomic mass is 9.95. The average molecular weight is 275 g/mol. The number of rotatable bonds is 5. The summed E-state index contributed by atoms with van der Waals surface area (Å²) >= 11 is 0. The van der Waals surface area contributed by atoms with Crippen LogP contribution in [0.15, 0.2) is 24.3 Å². The summed E-state index contributed by atoms with van der Waals surface area (Å²) < 4.78 is 0. The molecule has 1 amide bonds. The molecule has 108 valence electrons. The Morgan fingerprint density at radius 3 is 2.35 bits per heavy atom. The van der Waals surface area contributed by atoms with Gasteiger partial charge in [-0.2, -0.15) is 0 Å². The summed E-state index contributed by atoms with van der Waals surface area (Å²) in [6.45, 7) is 2.56. The van der Waals surface area contributed by atoms with E-state index in [1.54, 1.807) is 0 Å². The molecular formula is C16H21NO3. The van der Waals surface area contributed by atoms with Crippen molar-refractivity contribution in [2.24, 2.45) is 11.8 Å². The van der Waals surface area contributed by atoms with Crippen LogP contribution in [0.2, 0.25) is 0 Å². The molecule has 2 N–H and O–H groups in total. The van der Waals surface area contributed by atoms with E-state index >= 15 is 0 Å². The number of hydrogen-bond acceptors (Lipinski definition) is 2. The summed E-state index contributed by atoms with van der Waals surface area (Å²) in [5, 5.41) is 12.0. The smallest absolute Gasteiger partial charge is 0.307 e. The van der Waals surface area contributed by atoms with Crippen molar-refractivity contribution in [3.63, 3.8) is 0 Å². The lowest BCUT2D eigenvalue weighted by Gasteiger charge is -2.15. The van der Waals surface area contributed by atoms with E-state index < -0.39 is 11.9 Å². The van der Waals surface area contributed by atoms with Crippen molar-refractivity contribution in [3.8, 4) is 0 Å². The van der Waals surface area contributed by atoms with Crippen LogP contribution in [0.3, 0.4) is 0 Å². The SMILES string of the molecule is CCc1ccc(CNC(=O)C2CCCC2C(=O)O)cc1. The van der Waals surface area contributed by atoms with Crippen molar-refractivity contribution in [2.75, 3.05) is 0 Å². The first-order valence-corrected chi connectivity index (χ1v) is 7.20. The Bertz CT molecular complexity index is 481. The first kappa shape index (κ1) is 14.6. The standard InChI is InChI=1S/C16H21NO3/c1-2-11-6-8-12(9-7-11)10-17-15(18)13-4-3-5-14(13)16(19)20/h6-9,13-14H,2-5,10H2,1H3,(H,17,18)(H,19,20). The number of aryl methyl sites for hydroxylation is 1. The third kappa shape index (κ3) is 3.38. The molecule has 4 nitrogen and oxygen atoms in total. The van der Waals surface area contributed by atoms with Gasteiger partial charge in [0.25, 0.3) is 0 Å². The van der Waals surface area contributed by atoms with Gasteiger partial charge in [0.05, 0.1) is 11.8 Å². The van der Waals surface area contributed by atoms with Crippen LogP contribution in [0, 0.1) is 11.8 Å². The fraction of sp³-hybridized carbons (Fsp3) is 0.500. The first-order valence-electron chi connectivity index (χ1n) is 7.20. The van der Waals surface area contributed by atoms with E-state index in [0.29, 0.717) is 19.4 Å². The summed E-state index contributed by atoms with van der Waals surface area (Å²) in [6, 6.07) is 8.11. The largest absolute Gasteiger partial charge is 0.481 e. The van der Waals surface area contributed by atoms with Gasteiger partial charge in [0, 0.05) is 6.54 Å². The van der Waals surface area contributed by atoms with Crippen molar-refractivity contribution in [3.05, 3.63) is 35.4 Å². The van der Waals surface area contributed by atoms with Crippen LogP contribution in [0.1, 0.15) is 37.3 Å². The molecule has 0 bridgehead atoms. The number of amides is 1. The Morgan fingerprint density at radius 1 is 1.15 bits per heavy atom. The highest BCUT2D eigenvalue weighted by atomic mass is 16.4. The molecule has 0 spiro atoms. The van der Waals surface area contributed by atoms with Gasteiger partial charge in [0.1, 0.15) is 0 Å². The molecule has 2 unspecified atom stereocenters. The number of hydrogen-bond donors (Lipinski definition) is 2. The summed E-state index contributed by atoms with van der Waals surface area (Å²) in [5.74, 6) is -1.87. The maximum atomic E-state index is 12.1. The highest BCUT2D eigenvalue weighted by Gasteiger charge is 2.37. The van der Waals surface area contributed by atoms with E-state index in [0.717, 1.165) is 18.4 Å². The predicted molar refractivity (Wildman–Crippen MR) is 76.1 cm³/mol. The second-order valence-electron chi connectivity index (χ2n) is 5.37. The van der Waals surface area contributed by atoms with E-state index in [1.807, 2.05) is 12.1 Å².